The summed E-state index contributed by atoms with van der Waals surface area (Å²) in [5, 5.41) is 17.8. The lowest BCUT2D eigenvalue weighted by Gasteiger charge is -2.19. The van der Waals surface area contributed by atoms with Crippen molar-refractivity contribution in [3.8, 4) is 11.5 Å². The molecule has 2 aromatic carbocycles. The zero-order valence-corrected chi connectivity index (χ0v) is 14.6. The van der Waals surface area contributed by atoms with Crippen molar-refractivity contribution in [3.63, 3.8) is 0 Å². The second kappa shape index (κ2) is 9.46. The van der Waals surface area contributed by atoms with E-state index in [1.807, 2.05) is 0 Å². The standard InChI is InChI=1S/C20H22O6/c1-2-3-17(26-18-10-6-15(7-11-18)20(23)24)12-13-25-16-8-4-14(5-9-16)19(21)22/h4-11,17H,2-3,12-13H2,1H3,(H,21,22)(H,23,24). The molecule has 0 fully saturated rings. The van der Waals surface area contributed by atoms with E-state index in [1.54, 1.807) is 24.3 Å². The summed E-state index contributed by atoms with van der Waals surface area (Å²) < 4.78 is 11.6. The van der Waals surface area contributed by atoms with Gasteiger partial charge < -0.3 is 19.7 Å². The third-order valence-corrected chi connectivity index (χ3v) is 3.82. The molecule has 138 valence electrons. The molecule has 2 N–H and O–H groups in total. The first-order chi connectivity index (χ1) is 12.5. The molecule has 0 heterocycles. The molecule has 6 nitrogen and oxygen atoms in total. The molecule has 6 heteroatoms. The largest absolute Gasteiger partial charge is 0.493 e. The first-order valence-electron chi connectivity index (χ1n) is 8.45. The summed E-state index contributed by atoms with van der Waals surface area (Å²) in [4.78, 5) is 21.7. The van der Waals surface area contributed by atoms with Gasteiger partial charge in [-0.2, -0.15) is 0 Å². The maximum absolute atomic E-state index is 10.9. The third-order valence-electron chi connectivity index (χ3n) is 3.82. The molecule has 0 aromatic heterocycles. The molecule has 0 bridgehead atoms. The van der Waals surface area contributed by atoms with Crippen molar-refractivity contribution in [2.75, 3.05) is 6.61 Å². The normalized spacial score (nSPS) is 11.6. The maximum atomic E-state index is 10.9. The van der Waals surface area contributed by atoms with Crippen molar-refractivity contribution in [2.45, 2.75) is 32.3 Å². The van der Waals surface area contributed by atoms with E-state index in [4.69, 9.17) is 19.7 Å². The van der Waals surface area contributed by atoms with Gasteiger partial charge in [-0.05, 0) is 55.0 Å². The molecule has 0 saturated heterocycles. The lowest BCUT2D eigenvalue weighted by molar-refractivity contribution is 0.0686. The van der Waals surface area contributed by atoms with Gasteiger partial charge in [-0.1, -0.05) is 13.3 Å². The van der Waals surface area contributed by atoms with Crippen molar-refractivity contribution in [1.29, 1.82) is 0 Å². The maximum Gasteiger partial charge on any atom is 0.335 e. The second-order valence-electron chi connectivity index (χ2n) is 5.82. The van der Waals surface area contributed by atoms with Gasteiger partial charge in [0.15, 0.2) is 0 Å². The Labute approximate surface area is 152 Å². The Morgan fingerprint density at radius 1 is 0.846 bits per heavy atom. The molecular weight excluding hydrogens is 336 g/mol. The van der Waals surface area contributed by atoms with Crippen LogP contribution in [0.4, 0.5) is 0 Å². The van der Waals surface area contributed by atoms with E-state index in [9.17, 15) is 9.59 Å². The topological polar surface area (TPSA) is 93.1 Å². The SMILES string of the molecule is CCCC(CCOc1ccc(C(=O)O)cc1)Oc1ccc(C(=O)O)cc1. The highest BCUT2D eigenvalue weighted by Gasteiger charge is 2.11. The highest BCUT2D eigenvalue weighted by Crippen LogP contribution is 2.18. The molecule has 26 heavy (non-hydrogen) atoms. The van der Waals surface area contributed by atoms with Gasteiger partial charge in [0.1, 0.15) is 17.6 Å². The Bertz CT molecular complexity index is 721. The number of carboxylic acid groups (broad SMARTS) is 2. The summed E-state index contributed by atoms with van der Waals surface area (Å²) in [7, 11) is 0. The van der Waals surface area contributed by atoms with Crippen LogP contribution in [0.25, 0.3) is 0 Å². The Morgan fingerprint density at radius 3 is 1.81 bits per heavy atom. The van der Waals surface area contributed by atoms with Gasteiger partial charge in [-0.25, -0.2) is 9.59 Å². The van der Waals surface area contributed by atoms with Gasteiger partial charge in [0.25, 0.3) is 0 Å². The fraction of sp³-hybridized carbons (Fsp3) is 0.300. The highest BCUT2D eigenvalue weighted by atomic mass is 16.5. The predicted octanol–water partition coefficient (Wildman–Crippen LogP) is 4.10. The quantitative estimate of drug-likeness (QED) is 0.664. The molecule has 1 unspecified atom stereocenters. The Hall–Kier alpha value is -3.02. The van der Waals surface area contributed by atoms with E-state index in [-0.39, 0.29) is 17.2 Å². The molecule has 1 atom stereocenters. The Morgan fingerprint density at radius 2 is 1.35 bits per heavy atom. The van der Waals surface area contributed by atoms with Crippen molar-refractivity contribution in [2.24, 2.45) is 0 Å². The molecule has 0 aliphatic heterocycles. The van der Waals surface area contributed by atoms with Crippen LogP contribution in [0.3, 0.4) is 0 Å². The van der Waals surface area contributed by atoms with Crippen LogP contribution in [0.5, 0.6) is 11.5 Å². The van der Waals surface area contributed by atoms with Crippen LogP contribution in [0.1, 0.15) is 46.9 Å². The monoisotopic (exact) mass is 358 g/mol. The van der Waals surface area contributed by atoms with Gasteiger partial charge >= 0.3 is 11.9 Å². The van der Waals surface area contributed by atoms with E-state index >= 15 is 0 Å². The molecule has 0 radical (unpaired) electrons. The van der Waals surface area contributed by atoms with E-state index in [2.05, 4.69) is 6.92 Å². The van der Waals surface area contributed by atoms with Gasteiger partial charge in [0.2, 0.25) is 0 Å². The van der Waals surface area contributed by atoms with Crippen LogP contribution in [0, 0.1) is 0 Å². The third kappa shape index (κ3) is 5.81. The summed E-state index contributed by atoms with van der Waals surface area (Å²) in [6.07, 6.45) is 2.41. The Kier molecular flexibility index (Phi) is 7.02. The van der Waals surface area contributed by atoms with E-state index < -0.39 is 11.9 Å². The first kappa shape index (κ1) is 19.3. The minimum atomic E-state index is -0.970. The Balaban J connectivity index is 1.87. The first-order valence-corrected chi connectivity index (χ1v) is 8.45. The fourth-order valence-corrected chi connectivity index (χ4v) is 2.45. The minimum Gasteiger partial charge on any atom is -0.493 e. The average molecular weight is 358 g/mol. The van der Waals surface area contributed by atoms with E-state index in [0.29, 0.717) is 24.5 Å². The van der Waals surface area contributed by atoms with Crippen LogP contribution in [-0.2, 0) is 0 Å². The molecule has 0 aliphatic carbocycles. The van der Waals surface area contributed by atoms with Crippen molar-refractivity contribution >= 4 is 11.9 Å². The fourth-order valence-electron chi connectivity index (χ4n) is 2.45. The number of carboxylic acids is 2. The number of hydrogen-bond acceptors (Lipinski definition) is 4. The predicted molar refractivity (Wildman–Crippen MR) is 96.2 cm³/mol. The number of carbonyl (C=O) groups is 2. The number of rotatable bonds is 10. The number of aromatic carboxylic acids is 2. The summed E-state index contributed by atoms with van der Waals surface area (Å²) in [6, 6.07) is 12.6. The minimum absolute atomic E-state index is 0.0472. The average Bonchev–Trinajstić information content (AvgIpc) is 2.62. The number of ether oxygens (including phenoxy) is 2. The zero-order chi connectivity index (χ0) is 18.9. The summed E-state index contributed by atoms with van der Waals surface area (Å²) in [5.74, 6) is -0.707. The van der Waals surface area contributed by atoms with E-state index in [1.165, 1.54) is 24.3 Å². The lowest BCUT2D eigenvalue weighted by Crippen LogP contribution is -2.19. The lowest BCUT2D eigenvalue weighted by atomic mass is 10.1. The van der Waals surface area contributed by atoms with Crippen molar-refractivity contribution < 1.29 is 29.3 Å². The molecule has 0 amide bonds. The van der Waals surface area contributed by atoms with Gasteiger partial charge in [0.05, 0.1) is 17.7 Å². The van der Waals surface area contributed by atoms with Crippen LogP contribution < -0.4 is 9.47 Å². The molecule has 0 aliphatic rings. The second-order valence-corrected chi connectivity index (χ2v) is 5.82. The van der Waals surface area contributed by atoms with Crippen LogP contribution >= 0.6 is 0 Å². The molecular formula is C20H22O6. The summed E-state index contributed by atoms with van der Waals surface area (Å²) >= 11 is 0. The van der Waals surface area contributed by atoms with Crippen LogP contribution in [0.2, 0.25) is 0 Å². The summed E-state index contributed by atoms with van der Waals surface area (Å²) in [6.45, 7) is 2.50. The van der Waals surface area contributed by atoms with Crippen molar-refractivity contribution in [3.05, 3.63) is 59.7 Å². The molecule has 0 spiro atoms. The smallest absolute Gasteiger partial charge is 0.335 e. The van der Waals surface area contributed by atoms with Crippen LogP contribution in [-0.4, -0.2) is 34.9 Å². The van der Waals surface area contributed by atoms with Gasteiger partial charge in [-0.3, -0.25) is 0 Å². The van der Waals surface area contributed by atoms with Gasteiger partial charge in [0, 0.05) is 6.42 Å². The molecule has 0 saturated carbocycles. The van der Waals surface area contributed by atoms with E-state index in [0.717, 1.165) is 12.8 Å². The number of hydrogen-bond donors (Lipinski definition) is 2. The van der Waals surface area contributed by atoms with Gasteiger partial charge in [-0.15, -0.1) is 0 Å². The highest BCUT2D eigenvalue weighted by molar-refractivity contribution is 5.88. The zero-order valence-electron chi connectivity index (χ0n) is 14.6. The van der Waals surface area contributed by atoms with Crippen LogP contribution in [0.15, 0.2) is 48.5 Å². The molecule has 2 rings (SSSR count). The molecule has 2 aromatic rings. The number of benzene rings is 2. The summed E-state index contributed by atoms with van der Waals surface area (Å²) in [5.41, 5.74) is 0.437. The van der Waals surface area contributed by atoms with Crippen molar-refractivity contribution in [1.82, 2.24) is 0 Å².